The number of nitrogens with zero attached hydrogens (tertiary/aromatic N) is 3. The highest BCUT2D eigenvalue weighted by molar-refractivity contribution is 5.72. The molecule has 2 aromatic rings. The van der Waals surface area contributed by atoms with E-state index in [1.807, 2.05) is 20.8 Å². The third-order valence-electron chi connectivity index (χ3n) is 8.48. The first-order valence-electron chi connectivity index (χ1n) is 14.4. The lowest BCUT2D eigenvalue weighted by molar-refractivity contribution is -0.274. The fourth-order valence-electron chi connectivity index (χ4n) is 7.32. The van der Waals surface area contributed by atoms with E-state index in [0.29, 0.717) is 41.2 Å². The molecule has 0 radical (unpaired) electrons. The minimum atomic E-state index is -4.80. The number of anilines is 2. The number of nitrogens with one attached hydrogen (secondary N) is 3. The molecule has 4 fully saturated rings. The largest absolute Gasteiger partial charge is 0.573 e. The second kappa shape index (κ2) is 11.6. The monoisotopic (exact) mass is 586 g/mol. The molecule has 3 N–H and O–H groups in total. The summed E-state index contributed by atoms with van der Waals surface area (Å²) in [5.74, 6) is 1.63. The first kappa shape index (κ1) is 29.9. The predicted molar refractivity (Wildman–Crippen MR) is 149 cm³/mol. The molecule has 42 heavy (non-hydrogen) atoms. The number of rotatable bonds is 10. The molecule has 4 aliphatic carbocycles. The highest BCUT2D eigenvalue weighted by Crippen LogP contribution is 2.60. The zero-order valence-corrected chi connectivity index (χ0v) is 24.1. The van der Waals surface area contributed by atoms with Gasteiger partial charge in [0.2, 0.25) is 5.95 Å². The summed E-state index contributed by atoms with van der Waals surface area (Å²) in [6.45, 7) is 6.47. The van der Waals surface area contributed by atoms with Crippen molar-refractivity contribution in [2.24, 2.45) is 23.2 Å². The zero-order valence-electron chi connectivity index (χ0n) is 24.1. The average molecular weight is 587 g/mol. The maximum absolute atomic E-state index is 12.8. The predicted octanol–water partition coefficient (Wildman–Crippen LogP) is 5.40. The van der Waals surface area contributed by atoms with Crippen LogP contribution in [0.4, 0.5) is 24.9 Å². The van der Waals surface area contributed by atoms with Gasteiger partial charge in [-0.05, 0) is 82.1 Å². The van der Waals surface area contributed by atoms with Gasteiger partial charge in [-0.3, -0.25) is 4.79 Å². The lowest BCUT2D eigenvalue weighted by Gasteiger charge is -2.60. The van der Waals surface area contributed by atoms with Gasteiger partial charge in [0.25, 0.3) is 0 Å². The summed E-state index contributed by atoms with van der Waals surface area (Å²) in [5.41, 5.74) is 0.145. The number of esters is 1. The van der Waals surface area contributed by atoms with Crippen LogP contribution in [0.2, 0.25) is 0 Å². The lowest BCUT2D eigenvalue weighted by Crippen LogP contribution is -2.60. The van der Waals surface area contributed by atoms with Crippen molar-refractivity contribution in [2.45, 2.75) is 77.4 Å². The van der Waals surface area contributed by atoms with Gasteiger partial charge < -0.3 is 25.4 Å². The van der Waals surface area contributed by atoms with E-state index in [1.54, 1.807) is 6.07 Å². The van der Waals surface area contributed by atoms with E-state index in [9.17, 15) is 23.2 Å². The second-order valence-electron chi connectivity index (χ2n) is 12.9. The topological polar surface area (TPSA) is 121 Å². The molecule has 4 aliphatic rings. The molecule has 0 saturated heterocycles. The van der Waals surface area contributed by atoms with E-state index in [1.165, 1.54) is 24.4 Å². The van der Waals surface area contributed by atoms with Crippen molar-refractivity contribution in [3.8, 4) is 11.8 Å². The lowest BCUT2D eigenvalue weighted by atomic mass is 9.48. The molecule has 2 unspecified atom stereocenters. The maximum Gasteiger partial charge on any atom is 0.573 e. The number of carbonyl (C=O) groups is 1. The molecule has 4 bridgehead atoms. The molecule has 0 spiro atoms. The normalized spacial score (nSPS) is 26.4. The second-order valence-corrected chi connectivity index (χ2v) is 12.9. The number of aromatic nitrogens is 2. The van der Waals surface area contributed by atoms with Gasteiger partial charge in [0, 0.05) is 24.7 Å². The number of hydrogen-bond acceptors (Lipinski definition) is 9. The summed E-state index contributed by atoms with van der Waals surface area (Å²) in [6, 6.07) is 8.28. The Hall–Kier alpha value is -3.59. The van der Waals surface area contributed by atoms with Crippen LogP contribution < -0.4 is 20.7 Å². The fraction of sp³-hybridized carbons (Fsp3) is 0.600. The van der Waals surface area contributed by atoms with Crippen LogP contribution in [0.3, 0.4) is 0 Å². The van der Waals surface area contributed by atoms with E-state index in [4.69, 9.17) is 4.74 Å². The SMILES string of the molecule is CC(C)(C)OC(=O)CNC1C2CC3CC1CC(CNc1nc(NCc4ccccc4OC(F)(F)F)ncc1C#N)(C3)C2. The van der Waals surface area contributed by atoms with Crippen LogP contribution in [0.5, 0.6) is 5.75 Å². The number of ether oxygens (including phenoxy) is 2. The maximum atomic E-state index is 12.8. The molecule has 0 amide bonds. The Balaban J connectivity index is 1.21. The van der Waals surface area contributed by atoms with Crippen molar-refractivity contribution in [3.63, 3.8) is 0 Å². The Kier molecular flexibility index (Phi) is 8.25. The summed E-state index contributed by atoms with van der Waals surface area (Å²) in [4.78, 5) is 21.0. The minimum Gasteiger partial charge on any atom is -0.459 e. The highest BCUT2D eigenvalue weighted by Gasteiger charge is 2.55. The van der Waals surface area contributed by atoms with Crippen LogP contribution in [0, 0.1) is 34.5 Å². The third kappa shape index (κ3) is 7.24. The van der Waals surface area contributed by atoms with Crippen molar-refractivity contribution < 1.29 is 27.4 Å². The molecule has 12 heteroatoms. The van der Waals surface area contributed by atoms with Crippen LogP contribution >= 0.6 is 0 Å². The number of hydrogen-bond donors (Lipinski definition) is 3. The number of benzene rings is 1. The fourth-order valence-corrected chi connectivity index (χ4v) is 7.32. The minimum absolute atomic E-state index is 0.00422. The molecular formula is C30H37F3N6O3. The summed E-state index contributed by atoms with van der Waals surface area (Å²) in [7, 11) is 0. The van der Waals surface area contributed by atoms with E-state index in [2.05, 4.69) is 36.7 Å². The number of alkyl halides is 3. The van der Waals surface area contributed by atoms with Crippen LogP contribution in [-0.4, -0.2) is 47.0 Å². The van der Waals surface area contributed by atoms with Crippen molar-refractivity contribution in [2.75, 3.05) is 23.7 Å². The molecule has 1 aromatic heterocycles. The van der Waals surface area contributed by atoms with Gasteiger partial charge >= 0.3 is 12.3 Å². The molecule has 4 saturated carbocycles. The van der Waals surface area contributed by atoms with Gasteiger partial charge in [0.05, 0.1) is 12.7 Å². The van der Waals surface area contributed by atoms with Gasteiger partial charge in [-0.15, -0.1) is 13.2 Å². The molecule has 0 aliphatic heterocycles. The Morgan fingerprint density at radius 2 is 1.83 bits per heavy atom. The molecule has 6 rings (SSSR count). The molecule has 1 aromatic carbocycles. The van der Waals surface area contributed by atoms with E-state index >= 15 is 0 Å². The van der Waals surface area contributed by atoms with Crippen LogP contribution in [0.15, 0.2) is 30.5 Å². The van der Waals surface area contributed by atoms with Gasteiger partial charge in [-0.25, -0.2) is 4.98 Å². The first-order chi connectivity index (χ1) is 19.8. The zero-order chi connectivity index (χ0) is 30.1. The molecule has 9 nitrogen and oxygen atoms in total. The van der Waals surface area contributed by atoms with Crippen LogP contribution in [-0.2, 0) is 16.1 Å². The Morgan fingerprint density at radius 3 is 2.50 bits per heavy atom. The highest BCUT2D eigenvalue weighted by atomic mass is 19.4. The Labute approximate surface area is 243 Å². The smallest absolute Gasteiger partial charge is 0.459 e. The number of nitriles is 1. The van der Waals surface area contributed by atoms with E-state index in [-0.39, 0.29) is 42.2 Å². The summed E-state index contributed by atoms with van der Waals surface area (Å²) in [6.07, 6.45) is 2.05. The van der Waals surface area contributed by atoms with Gasteiger partial charge in [-0.2, -0.15) is 10.2 Å². The van der Waals surface area contributed by atoms with E-state index < -0.39 is 12.0 Å². The summed E-state index contributed by atoms with van der Waals surface area (Å²) >= 11 is 0. The molecular weight excluding hydrogens is 549 g/mol. The average Bonchev–Trinajstić information content (AvgIpc) is 2.89. The Morgan fingerprint density at radius 1 is 1.12 bits per heavy atom. The Bertz CT molecular complexity index is 1320. The van der Waals surface area contributed by atoms with Gasteiger partial charge in [0.1, 0.15) is 28.8 Å². The third-order valence-corrected chi connectivity index (χ3v) is 8.48. The van der Waals surface area contributed by atoms with E-state index in [0.717, 1.165) is 32.1 Å². The quantitative estimate of drug-likeness (QED) is 0.314. The number of carbonyl (C=O) groups excluding carboxylic acids is 1. The summed E-state index contributed by atoms with van der Waals surface area (Å²) in [5, 5.41) is 19.5. The number of para-hydroxylation sites is 1. The van der Waals surface area contributed by atoms with Crippen molar-refractivity contribution in [1.29, 1.82) is 5.26 Å². The molecule has 226 valence electrons. The standard InChI is InChI=1S/C30H37F3N6O3/c1-28(2,3)42-24(40)16-35-25-20-8-18-9-21(25)12-29(10-18,11-20)17-38-26-22(13-34)15-37-27(39-26)36-14-19-6-4-5-7-23(19)41-30(31,32)33/h4-7,15,18,20-21,25,35H,8-12,14,16-17H2,1-3H3,(H2,36,37,38,39). The van der Waals surface area contributed by atoms with Crippen molar-refractivity contribution in [3.05, 3.63) is 41.6 Å². The molecule has 2 atom stereocenters. The number of halogens is 3. The van der Waals surface area contributed by atoms with Crippen molar-refractivity contribution in [1.82, 2.24) is 15.3 Å². The molecule has 1 heterocycles. The van der Waals surface area contributed by atoms with Gasteiger partial charge in [0.15, 0.2) is 0 Å². The first-order valence-corrected chi connectivity index (χ1v) is 14.4. The van der Waals surface area contributed by atoms with Crippen LogP contribution in [0.25, 0.3) is 0 Å². The van der Waals surface area contributed by atoms with Crippen molar-refractivity contribution >= 4 is 17.7 Å². The van der Waals surface area contributed by atoms with Gasteiger partial charge in [-0.1, -0.05) is 18.2 Å². The summed E-state index contributed by atoms with van der Waals surface area (Å²) < 4.78 is 48.0. The van der Waals surface area contributed by atoms with Crippen LogP contribution in [0.1, 0.15) is 64.0 Å².